The number of rotatable bonds is 3. The lowest BCUT2D eigenvalue weighted by Gasteiger charge is -2.25. The van der Waals surface area contributed by atoms with Crippen LogP contribution >= 0.6 is 0 Å². The first-order chi connectivity index (χ1) is 5.38. The molecule has 0 amide bonds. The Morgan fingerprint density at radius 1 is 1.36 bits per heavy atom. The van der Waals surface area contributed by atoms with Gasteiger partial charge in [-0.05, 0) is 25.2 Å². The molecule has 1 nitrogen and oxygen atoms in total. The van der Waals surface area contributed by atoms with Crippen molar-refractivity contribution in [2.75, 3.05) is 0 Å². The molecule has 0 radical (unpaired) electrons. The molecular weight excluding hydrogens is 136 g/mol. The van der Waals surface area contributed by atoms with E-state index < -0.39 is 0 Å². The van der Waals surface area contributed by atoms with Gasteiger partial charge in [0.2, 0.25) is 0 Å². The molecule has 0 unspecified atom stereocenters. The molecule has 1 fully saturated rings. The summed E-state index contributed by atoms with van der Waals surface area (Å²) in [7, 11) is 0. The van der Waals surface area contributed by atoms with Crippen molar-refractivity contribution in [3.05, 3.63) is 0 Å². The largest absolute Gasteiger partial charge is 0.303 e. The number of hydrogen-bond acceptors (Lipinski definition) is 1. The Balaban J connectivity index is 2.35. The molecule has 1 aliphatic rings. The first kappa shape index (κ1) is 8.76. The van der Waals surface area contributed by atoms with Crippen LogP contribution in [-0.4, -0.2) is 6.29 Å². The minimum Gasteiger partial charge on any atom is -0.303 e. The van der Waals surface area contributed by atoms with Gasteiger partial charge < -0.3 is 4.79 Å². The fraction of sp³-hybridized carbons (Fsp3) is 0.900. The quantitative estimate of drug-likeness (QED) is 0.571. The van der Waals surface area contributed by atoms with Gasteiger partial charge in [-0.15, -0.1) is 0 Å². The maximum absolute atomic E-state index is 10.6. The molecule has 0 spiro atoms. The molecule has 1 saturated carbocycles. The van der Waals surface area contributed by atoms with E-state index in [1.807, 2.05) is 0 Å². The van der Waals surface area contributed by atoms with Crippen LogP contribution in [0.4, 0.5) is 0 Å². The van der Waals surface area contributed by atoms with Crippen LogP contribution in [0.1, 0.15) is 45.4 Å². The van der Waals surface area contributed by atoms with Crippen LogP contribution in [0.25, 0.3) is 0 Å². The van der Waals surface area contributed by atoms with E-state index in [0.29, 0.717) is 11.8 Å². The van der Waals surface area contributed by atoms with Gasteiger partial charge in [0.25, 0.3) is 0 Å². The molecular formula is C10H18O. The number of carbonyl (C=O) groups excluding carboxylic acids is 1. The molecule has 1 heteroatoms. The molecule has 1 atom stereocenters. The molecule has 0 aromatic carbocycles. The Kier molecular flexibility index (Phi) is 3.61. The lowest BCUT2D eigenvalue weighted by Crippen LogP contribution is -2.18. The molecule has 0 saturated heterocycles. The molecule has 1 rings (SSSR count). The Hall–Kier alpha value is -0.330. The van der Waals surface area contributed by atoms with Crippen molar-refractivity contribution in [2.45, 2.75) is 45.4 Å². The second-order valence-corrected chi connectivity index (χ2v) is 3.61. The van der Waals surface area contributed by atoms with Gasteiger partial charge in [-0.25, -0.2) is 0 Å². The second-order valence-electron chi connectivity index (χ2n) is 3.61. The van der Waals surface area contributed by atoms with Crippen molar-refractivity contribution in [1.29, 1.82) is 0 Å². The topological polar surface area (TPSA) is 17.1 Å². The minimum absolute atomic E-state index is 0.357. The first-order valence-electron chi connectivity index (χ1n) is 4.83. The average Bonchev–Trinajstić information content (AvgIpc) is 2.09. The fourth-order valence-corrected chi connectivity index (χ4v) is 2.10. The Labute approximate surface area is 69.2 Å². The van der Waals surface area contributed by atoms with Gasteiger partial charge in [0.1, 0.15) is 6.29 Å². The van der Waals surface area contributed by atoms with Crippen molar-refractivity contribution in [3.8, 4) is 0 Å². The fourth-order valence-electron chi connectivity index (χ4n) is 2.10. The Morgan fingerprint density at radius 3 is 2.45 bits per heavy atom. The molecule has 1 aliphatic carbocycles. The van der Waals surface area contributed by atoms with Gasteiger partial charge in [0.15, 0.2) is 0 Å². The average molecular weight is 154 g/mol. The third kappa shape index (κ3) is 2.32. The van der Waals surface area contributed by atoms with Gasteiger partial charge in [-0.2, -0.15) is 0 Å². The predicted octanol–water partition coefficient (Wildman–Crippen LogP) is 2.79. The van der Waals surface area contributed by atoms with Crippen molar-refractivity contribution in [2.24, 2.45) is 11.8 Å². The van der Waals surface area contributed by atoms with E-state index in [2.05, 4.69) is 6.92 Å². The third-order valence-corrected chi connectivity index (χ3v) is 2.90. The Bertz CT molecular complexity index is 114. The van der Waals surface area contributed by atoms with Gasteiger partial charge in [0, 0.05) is 5.92 Å². The zero-order chi connectivity index (χ0) is 8.10. The normalized spacial score (nSPS) is 23.0. The molecule has 0 heterocycles. The highest BCUT2D eigenvalue weighted by molar-refractivity contribution is 5.53. The molecule has 0 aromatic heterocycles. The van der Waals surface area contributed by atoms with Crippen LogP contribution in [0, 0.1) is 11.8 Å². The van der Waals surface area contributed by atoms with Crippen molar-refractivity contribution >= 4 is 6.29 Å². The predicted molar refractivity (Wildman–Crippen MR) is 46.4 cm³/mol. The highest BCUT2D eigenvalue weighted by Gasteiger charge is 2.21. The summed E-state index contributed by atoms with van der Waals surface area (Å²) in [6.45, 7) is 2.12. The van der Waals surface area contributed by atoms with Crippen LogP contribution in [0.5, 0.6) is 0 Å². The van der Waals surface area contributed by atoms with Gasteiger partial charge in [-0.3, -0.25) is 0 Å². The summed E-state index contributed by atoms with van der Waals surface area (Å²) in [5, 5.41) is 0. The summed E-state index contributed by atoms with van der Waals surface area (Å²) in [5.74, 6) is 1.07. The zero-order valence-electron chi connectivity index (χ0n) is 7.38. The van der Waals surface area contributed by atoms with E-state index in [-0.39, 0.29) is 0 Å². The minimum atomic E-state index is 0.357. The van der Waals surface area contributed by atoms with Crippen LogP contribution in [-0.2, 0) is 4.79 Å². The maximum atomic E-state index is 10.6. The summed E-state index contributed by atoms with van der Waals surface area (Å²) < 4.78 is 0. The SMILES string of the molecule is CC[C@@H](C=O)C1CCCCC1. The molecule has 64 valence electrons. The monoisotopic (exact) mass is 154 g/mol. The van der Waals surface area contributed by atoms with Crippen LogP contribution in [0.3, 0.4) is 0 Å². The zero-order valence-corrected chi connectivity index (χ0v) is 7.38. The van der Waals surface area contributed by atoms with Crippen molar-refractivity contribution in [1.82, 2.24) is 0 Å². The van der Waals surface area contributed by atoms with Crippen molar-refractivity contribution in [3.63, 3.8) is 0 Å². The molecule has 0 aliphatic heterocycles. The van der Waals surface area contributed by atoms with Crippen LogP contribution < -0.4 is 0 Å². The highest BCUT2D eigenvalue weighted by Crippen LogP contribution is 2.30. The molecule has 0 aromatic rings. The molecule has 0 N–H and O–H groups in total. The summed E-state index contributed by atoms with van der Waals surface area (Å²) in [5.41, 5.74) is 0. The smallest absolute Gasteiger partial charge is 0.123 e. The molecule has 11 heavy (non-hydrogen) atoms. The van der Waals surface area contributed by atoms with E-state index >= 15 is 0 Å². The van der Waals surface area contributed by atoms with E-state index in [1.165, 1.54) is 32.1 Å². The van der Waals surface area contributed by atoms with Gasteiger partial charge >= 0.3 is 0 Å². The first-order valence-corrected chi connectivity index (χ1v) is 4.83. The maximum Gasteiger partial charge on any atom is 0.123 e. The summed E-state index contributed by atoms with van der Waals surface area (Å²) in [6.07, 6.45) is 8.84. The number of aldehydes is 1. The van der Waals surface area contributed by atoms with E-state index in [9.17, 15) is 4.79 Å². The number of hydrogen-bond donors (Lipinski definition) is 0. The van der Waals surface area contributed by atoms with Gasteiger partial charge in [0.05, 0.1) is 0 Å². The van der Waals surface area contributed by atoms with Crippen molar-refractivity contribution < 1.29 is 4.79 Å². The summed E-state index contributed by atoms with van der Waals surface area (Å²) in [4.78, 5) is 10.6. The van der Waals surface area contributed by atoms with E-state index in [1.54, 1.807) is 0 Å². The number of carbonyl (C=O) groups is 1. The highest BCUT2D eigenvalue weighted by atomic mass is 16.1. The third-order valence-electron chi connectivity index (χ3n) is 2.90. The van der Waals surface area contributed by atoms with Crippen LogP contribution in [0.2, 0.25) is 0 Å². The van der Waals surface area contributed by atoms with Gasteiger partial charge in [-0.1, -0.05) is 26.2 Å². The molecule has 0 bridgehead atoms. The second kappa shape index (κ2) is 4.53. The standard InChI is InChI=1S/C10H18O/c1-2-9(8-11)10-6-4-3-5-7-10/h8-10H,2-7H2,1H3/t9-/m0/s1. The Morgan fingerprint density at radius 2 is 2.00 bits per heavy atom. The van der Waals surface area contributed by atoms with Crippen LogP contribution in [0.15, 0.2) is 0 Å². The lowest BCUT2D eigenvalue weighted by molar-refractivity contribution is -0.113. The van der Waals surface area contributed by atoms with E-state index in [4.69, 9.17) is 0 Å². The lowest BCUT2D eigenvalue weighted by atomic mass is 9.79. The summed E-state index contributed by atoms with van der Waals surface area (Å²) >= 11 is 0. The summed E-state index contributed by atoms with van der Waals surface area (Å²) in [6, 6.07) is 0. The van der Waals surface area contributed by atoms with E-state index in [0.717, 1.165) is 12.7 Å².